The van der Waals surface area contributed by atoms with Gasteiger partial charge in [-0.2, -0.15) is 0 Å². The first kappa shape index (κ1) is 20.1. The summed E-state index contributed by atoms with van der Waals surface area (Å²) in [7, 11) is 0. The Hall–Kier alpha value is -3.60. The summed E-state index contributed by atoms with van der Waals surface area (Å²) >= 11 is 0. The van der Waals surface area contributed by atoms with Crippen molar-refractivity contribution in [3.8, 4) is 5.75 Å². The van der Waals surface area contributed by atoms with Gasteiger partial charge in [0.1, 0.15) is 5.75 Å². The largest absolute Gasteiger partial charge is 0.493 e. The van der Waals surface area contributed by atoms with Crippen LogP contribution < -0.4 is 15.4 Å². The SMILES string of the molecule is CCOc1ccccc1C(=O)Nc1cccc(C(=O)NC(C)c2ccccc2)c1. The van der Waals surface area contributed by atoms with Crippen LogP contribution in [0, 0.1) is 0 Å². The molecular formula is C24H24N2O3. The molecule has 0 aliphatic heterocycles. The van der Waals surface area contributed by atoms with Crippen molar-refractivity contribution in [1.82, 2.24) is 5.32 Å². The summed E-state index contributed by atoms with van der Waals surface area (Å²) in [6, 6.07) is 23.6. The summed E-state index contributed by atoms with van der Waals surface area (Å²) in [5, 5.41) is 5.82. The molecule has 2 N–H and O–H groups in total. The molecule has 0 aliphatic carbocycles. The first-order valence-corrected chi connectivity index (χ1v) is 9.57. The van der Waals surface area contributed by atoms with E-state index in [1.54, 1.807) is 42.5 Å². The van der Waals surface area contributed by atoms with Crippen LogP contribution in [0.2, 0.25) is 0 Å². The van der Waals surface area contributed by atoms with Gasteiger partial charge in [-0.3, -0.25) is 9.59 Å². The Labute approximate surface area is 170 Å². The van der Waals surface area contributed by atoms with Gasteiger partial charge in [-0.25, -0.2) is 0 Å². The summed E-state index contributed by atoms with van der Waals surface area (Å²) in [5.41, 5.74) is 2.49. The minimum atomic E-state index is -0.288. The molecule has 0 fully saturated rings. The van der Waals surface area contributed by atoms with Gasteiger partial charge in [-0.15, -0.1) is 0 Å². The van der Waals surface area contributed by atoms with Crippen molar-refractivity contribution in [3.05, 3.63) is 95.6 Å². The van der Waals surface area contributed by atoms with Crippen LogP contribution >= 0.6 is 0 Å². The summed E-state index contributed by atoms with van der Waals surface area (Å²) in [6.45, 7) is 4.27. The minimum absolute atomic E-state index is 0.125. The average molecular weight is 388 g/mol. The van der Waals surface area contributed by atoms with E-state index in [1.807, 2.05) is 50.2 Å². The van der Waals surface area contributed by atoms with E-state index >= 15 is 0 Å². The van der Waals surface area contributed by atoms with Crippen molar-refractivity contribution in [3.63, 3.8) is 0 Å². The highest BCUT2D eigenvalue weighted by Crippen LogP contribution is 2.20. The molecule has 2 amide bonds. The fraction of sp³-hybridized carbons (Fsp3) is 0.167. The van der Waals surface area contributed by atoms with Crippen LogP contribution in [0.1, 0.15) is 46.2 Å². The molecule has 3 aromatic carbocycles. The van der Waals surface area contributed by atoms with Gasteiger partial charge in [0.05, 0.1) is 18.2 Å². The Morgan fingerprint density at radius 2 is 1.62 bits per heavy atom. The lowest BCUT2D eigenvalue weighted by molar-refractivity contribution is 0.0938. The third-order valence-corrected chi connectivity index (χ3v) is 4.46. The van der Waals surface area contributed by atoms with Crippen LogP contribution in [-0.2, 0) is 0 Å². The maximum absolute atomic E-state index is 12.7. The molecule has 0 bridgehead atoms. The Balaban J connectivity index is 1.71. The molecule has 3 aromatic rings. The zero-order valence-corrected chi connectivity index (χ0v) is 16.5. The molecule has 148 valence electrons. The molecule has 0 spiro atoms. The predicted octanol–water partition coefficient (Wildman–Crippen LogP) is 4.83. The topological polar surface area (TPSA) is 67.4 Å². The van der Waals surface area contributed by atoms with Crippen LogP contribution in [0.15, 0.2) is 78.9 Å². The number of hydrogen-bond acceptors (Lipinski definition) is 3. The van der Waals surface area contributed by atoms with E-state index in [0.29, 0.717) is 29.2 Å². The number of benzene rings is 3. The second kappa shape index (κ2) is 9.55. The minimum Gasteiger partial charge on any atom is -0.493 e. The maximum Gasteiger partial charge on any atom is 0.259 e. The average Bonchev–Trinajstić information content (AvgIpc) is 2.75. The van der Waals surface area contributed by atoms with Crippen molar-refractivity contribution in [1.29, 1.82) is 0 Å². The van der Waals surface area contributed by atoms with E-state index in [2.05, 4.69) is 10.6 Å². The van der Waals surface area contributed by atoms with Crippen LogP contribution in [0.3, 0.4) is 0 Å². The quantitative estimate of drug-likeness (QED) is 0.609. The van der Waals surface area contributed by atoms with E-state index in [9.17, 15) is 9.59 Å². The van der Waals surface area contributed by atoms with Gasteiger partial charge >= 0.3 is 0 Å². The smallest absolute Gasteiger partial charge is 0.259 e. The van der Waals surface area contributed by atoms with Crippen molar-refractivity contribution in [2.24, 2.45) is 0 Å². The van der Waals surface area contributed by atoms with Gasteiger partial charge in [0.15, 0.2) is 0 Å². The zero-order valence-electron chi connectivity index (χ0n) is 16.5. The number of carbonyl (C=O) groups excluding carboxylic acids is 2. The highest BCUT2D eigenvalue weighted by Gasteiger charge is 2.14. The number of amides is 2. The third kappa shape index (κ3) is 5.23. The predicted molar refractivity (Wildman–Crippen MR) is 114 cm³/mol. The first-order chi connectivity index (χ1) is 14.1. The van der Waals surface area contributed by atoms with Crippen molar-refractivity contribution in [2.45, 2.75) is 19.9 Å². The van der Waals surface area contributed by atoms with Gasteiger partial charge in [-0.05, 0) is 49.7 Å². The zero-order chi connectivity index (χ0) is 20.6. The van der Waals surface area contributed by atoms with Gasteiger partial charge in [-0.1, -0.05) is 48.5 Å². The molecule has 5 nitrogen and oxygen atoms in total. The molecule has 5 heteroatoms. The number of para-hydroxylation sites is 1. The molecule has 1 unspecified atom stereocenters. The molecule has 0 saturated heterocycles. The fourth-order valence-electron chi connectivity index (χ4n) is 2.98. The number of anilines is 1. The Bertz CT molecular complexity index is 986. The number of hydrogen-bond donors (Lipinski definition) is 2. The lowest BCUT2D eigenvalue weighted by Gasteiger charge is -2.15. The van der Waals surface area contributed by atoms with E-state index in [4.69, 9.17) is 4.74 Å². The second-order valence-electron chi connectivity index (χ2n) is 6.57. The number of ether oxygens (including phenoxy) is 1. The molecule has 0 aromatic heterocycles. The lowest BCUT2D eigenvalue weighted by atomic mass is 10.1. The van der Waals surface area contributed by atoms with E-state index in [1.165, 1.54) is 0 Å². The summed E-state index contributed by atoms with van der Waals surface area (Å²) < 4.78 is 5.52. The fourth-order valence-corrected chi connectivity index (χ4v) is 2.98. The van der Waals surface area contributed by atoms with Crippen LogP contribution in [0.5, 0.6) is 5.75 Å². The van der Waals surface area contributed by atoms with Gasteiger partial charge < -0.3 is 15.4 Å². The van der Waals surface area contributed by atoms with Crippen LogP contribution in [0.25, 0.3) is 0 Å². The molecule has 0 aliphatic rings. The van der Waals surface area contributed by atoms with Gasteiger partial charge in [0, 0.05) is 11.3 Å². The van der Waals surface area contributed by atoms with E-state index < -0.39 is 0 Å². The number of carbonyl (C=O) groups is 2. The van der Waals surface area contributed by atoms with E-state index in [0.717, 1.165) is 5.56 Å². The Morgan fingerprint density at radius 3 is 2.38 bits per heavy atom. The standard InChI is InChI=1S/C24H24N2O3/c1-3-29-22-15-8-7-14-21(22)24(28)26-20-13-9-12-19(16-20)23(27)25-17(2)18-10-5-4-6-11-18/h4-17H,3H2,1-2H3,(H,25,27)(H,26,28). The molecule has 0 saturated carbocycles. The second-order valence-corrected chi connectivity index (χ2v) is 6.57. The molecule has 1 atom stereocenters. The normalized spacial score (nSPS) is 11.4. The van der Waals surface area contributed by atoms with Crippen LogP contribution in [0.4, 0.5) is 5.69 Å². The number of nitrogens with one attached hydrogen (secondary N) is 2. The van der Waals surface area contributed by atoms with Gasteiger partial charge in [0.2, 0.25) is 0 Å². The van der Waals surface area contributed by atoms with Crippen molar-refractivity contribution < 1.29 is 14.3 Å². The van der Waals surface area contributed by atoms with Crippen molar-refractivity contribution in [2.75, 3.05) is 11.9 Å². The first-order valence-electron chi connectivity index (χ1n) is 9.57. The highest BCUT2D eigenvalue weighted by molar-refractivity contribution is 6.06. The molecule has 0 heterocycles. The summed E-state index contributed by atoms with van der Waals surface area (Å²) in [4.78, 5) is 25.3. The molecular weight excluding hydrogens is 364 g/mol. The van der Waals surface area contributed by atoms with E-state index in [-0.39, 0.29) is 17.9 Å². The maximum atomic E-state index is 12.7. The molecule has 3 rings (SSSR count). The molecule has 29 heavy (non-hydrogen) atoms. The Morgan fingerprint density at radius 1 is 0.897 bits per heavy atom. The van der Waals surface area contributed by atoms with Crippen LogP contribution in [-0.4, -0.2) is 18.4 Å². The summed E-state index contributed by atoms with van der Waals surface area (Å²) in [6.07, 6.45) is 0. The molecule has 0 radical (unpaired) electrons. The third-order valence-electron chi connectivity index (χ3n) is 4.46. The van der Waals surface area contributed by atoms with Gasteiger partial charge in [0.25, 0.3) is 11.8 Å². The summed E-state index contributed by atoms with van der Waals surface area (Å²) in [5.74, 6) is 0.0366. The monoisotopic (exact) mass is 388 g/mol. The highest BCUT2D eigenvalue weighted by atomic mass is 16.5. The van der Waals surface area contributed by atoms with Crippen molar-refractivity contribution >= 4 is 17.5 Å². The Kier molecular flexibility index (Phi) is 6.63. The number of rotatable bonds is 7. The lowest BCUT2D eigenvalue weighted by Crippen LogP contribution is -2.26.